The normalized spacial score (nSPS) is 16.6. The molecule has 0 bridgehead atoms. The van der Waals surface area contributed by atoms with Gasteiger partial charge in [0.25, 0.3) is 7.37 Å². The van der Waals surface area contributed by atoms with E-state index < -0.39 is 15.0 Å². The fourth-order valence-corrected chi connectivity index (χ4v) is 6.49. The molecule has 4 nitrogen and oxygen atoms in total. The van der Waals surface area contributed by atoms with Gasteiger partial charge in [-0.05, 0) is 40.5 Å². The predicted molar refractivity (Wildman–Crippen MR) is 134 cm³/mol. The molecule has 0 fully saturated rings. The molecule has 32 heavy (non-hydrogen) atoms. The van der Waals surface area contributed by atoms with Crippen molar-refractivity contribution in [1.29, 1.82) is 0 Å². The van der Waals surface area contributed by atoms with Crippen LogP contribution < -0.4 is 9.83 Å². The first-order valence-corrected chi connectivity index (χ1v) is 13.1. The van der Waals surface area contributed by atoms with E-state index in [1.807, 2.05) is 97.1 Å². The second kappa shape index (κ2) is 8.74. The van der Waals surface area contributed by atoms with E-state index in [9.17, 15) is 9.13 Å². The largest absolute Gasteiger partial charge is 0.597 e. The Kier molecular flexibility index (Phi) is 6.02. The van der Waals surface area contributed by atoms with Gasteiger partial charge in [0.1, 0.15) is 5.75 Å². The van der Waals surface area contributed by atoms with Crippen LogP contribution in [-0.2, 0) is 9.13 Å². The zero-order valence-electron chi connectivity index (χ0n) is 16.8. The molecule has 0 radical (unpaired) electrons. The zero-order valence-corrected chi connectivity index (χ0v) is 18.6. The highest BCUT2D eigenvalue weighted by Gasteiger charge is 2.30. The van der Waals surface area contributed by atoms with Crippen molar-refractivity contribution >= 4 is 41.8 Å². The number of hydrogen-bond donors (Lipinski definition) is 0. The monoisotopic (exact) mass is 461 g/mol. The van der Waals surface area contributed by atoms with Gasteiger partial charge in [0.15, 0.2) is 5.58 Å². The molecule has 1 aliphatic rings. The van der Waals surface area contributed by atoms with Crippen molar-refractivity contribution in [2.75, 3.05) is 6.66 Å². The van der Waals surface area contributed by atoms with Gasteiger partial charge >= 0.3 is 7.65 Å². The predicted octanol–water partition coefficient (Wildman–Crippen LogP) is 8.24. The van der Waals surface area contributed by atoms with Crippen molar-refractivity contribution in [2.45, 2.75) is 7.43 Å². The van der Waals surface area contributed by atoms with Crippen LogP contribution >= 0.6 is 15.0 Å². The Morgan fingerprint density at radius 2 is 1.31 bits per heavy atom. The summed E-state index contributed by atoms with van der Waals surface area (Å²) in [6, 6.07) is 30.8. The van der Waals surface area contributed by atoms with Gasteiger partial charge in [-0.1, -0.05) is 74.2 Å². The second-order valence-electron chi connectivity index (χ2n) is 7.31. The van der Waals surface area contributed by atoms with Crippen molar-refractivity contribution in [1.82, 2.24) is 0 Å². The Morgan fingerprint density at radius 3 is 2.12 bits per heavy atom. The molecule has 0 N–H and O–H groups in total. The first kappa shape index (κ1) is 22.0. The molecule has 5 aromatic rings. The summed E-state index contributed by atoms with van der Waals surface area (Å²) in [6.07, 6.45) is 0. The first-order chi connectivity index (χ1) is 15.0. The molecule has 4 aromatic carbocycles. The van der Waals surface area contributed by atoms with E-state index >= 15 is 0 Å². The minimum atomic E-state index is -2.71. The van der Waals surface area contributed by atoms with Crippen LogP contribution in [0.2, 0.25) is 0 Å². The smallest absolute Gasteiger partial charge is 0.439 e. The summed E-state index contributed by atoms with van der Waals surface area (Å²) in [5.41, 5.74) is 2.75. The third-order valence-corrected chi connectivity index (χ3v) is 8.21. The molecule has 6 heteroatoms. The van der Waals surface area contributed by atoms with Gasteiger partial charge in [-0.25, -0.2) is 4.20 Å². The highest BCUT2D eigenvalue weighted by Crippen LogP contribution is 2.51. The molecule has 2 unspecified atom stereocenters. The lowest BCUT2D eigenvalue weighted by atomic mass is 10.0. The minimum absolute atomic E-state index is 0. The molecule has 0 aliphatic carbocycles. The highest BCUT2D eigenvalue weighted by atomic mass is 31.2. The fourth-order valence-electron chi connectivity index (χ4n) is 3.83. The van der Waals surface area contributed by atoms with Crippen LogP contribution in [0.5, 0.6) is 5.75 Å². The van der Waals surface area contributed by atoms with Gasteiger partial charge in [-0.2, -0.15) is 0 Å². The van der Waals surface area contributed by atoms with E-state index in [0.29, 0.717) is 11.3 Å². The number of para-hydroxylation sites is 2. The van der Waals surface area contributed by atoms with Crippen molar-refractivity contribution < 1.29 is 17.9 Å². The molecular weight excluding hydrogens is 438 g/mol. The van der Waals surface area contributed by atoms with Crippen LogP contribution in [0.4, 0.5) is 0 Å². The summed E-state index contributed by atoms with van der Waals surface area (Å²) in [5, 5.41) is 3.63. The van der Waals surface area contributed by atoms with Crippen LogP contribution in [0.1, 0.15) is 7.43 Å². The number of benzene rings is 4. The summed E-state index contributed by atoms with van der Waals surface area (Å²) in [4.78, 5) is 0. The average molecular weight is 461 g/mol. The van der Waals surface area contributed by atoms with Crippen LogP contribution in [0.3, 0.4) is 0 Å². The van der Waals surface area contributed by atoms with Gasteiger partial charge in [0, 0.05) is 23.0 Å². The van der Waals surface area contributed by atoms with E-state index in [1.54, 1.807) is 6.66 Å². The molecule has 0 saturated heterocycles. The molecular formula is C26H23O4P2+. The number of rotatable bonds is 0. The van der Waals surface area contributed by atoms with Crippen LogP contribution in [0.15, 0.2) is 101 Å². The summed E-state index contributed by atoms with van der Waals surface area (Å²) in [6.45, 7) is 1.67. The van der Waals surface area contributed by atoms with Gasteiger partial charge in [0.05, 0.1) is 5.30 Å². The van der Waals surface area contributed by atoms with Gasteiger partial charge in [-0.3, -0.25) is 4.57 Å². The Balaban J connectivity index is 0.000000149. The van der Waals surface area contributed by atoms with Gasteiger partial charge < -0.3 is 4.52 Å². The second-order valence-corrected chi connectivity index (χ2v) is 10.8. The summed E-state index contributed by atoms with van der Waals surface area (Å²) in [7, 11) is -4.45. The molecule has 0 amide bonds. The lowest BCUT2D eigenvalue weighted by Crippen LogP contribution is -2.16. The first-order valence-electron chi connectivity index (χ1n) is 9.84. The minimum Gasteiger partial charge on any atom is -0.439 e. The maximum Gasteiger partial charge on any atom is 0.597 e. The Hall–Kier alpha value is -3.19. The highest BCUT2D eigenvalue weighted by molar-refractivity contribution is 7.67. The number of hydrogen-bond acceptors (Lipinski definition) is 4. The summed E-state index contributed by atoms with van der Waals surface area (Å²) < 4.78 is 35.1. The van der Waals surface area contributed by atoms with Crippen molar-refractivity contribution in [3.63, 3.8) is 0 Å². The number of fused-ring (bicyclic) bond motifs is 6. The van der Waals surface area contributed by atoms with E-state index in [4.69, 9.17) is 8.72 Å². The molecule has 0 spiro atoms. The molecule has 2 heterocycles. The van der Waals surface area contributed by atoms with Crippen LogP contribution in [-0.4, -0.2) is 6.66 Å². The van der Waals surface area contributed by atoms with Crippen molar-refractivity contribution in [2.24, 2.45) is 0 Å². The third kappa shape index (κ3) is 3.88. The van der Waals surface area contributed by atoms with E-state index in [2.05, 4.69) is 0 Å². The van der Waals surface area contributed by atoms with E-state index in [0.717, 1.165) is 32.3 Å². The summed E-state index contributed by atoms with van der Waals surface area (Å²) in [5.74, 6) is 0.715. The van der Waals surface area contributed by atoms with Crippen LogP contribution in [0.25, 0.3) is 32.6 Å². The van der Waals surface area contributed by atoms with E-state index in [1.165, 1.54) is 0 Å². The lowest BCUT2D eigenvalue weighted by molar-refractivity contribution is 0.497. The topological polar surface area (TPSA) is 56.5 Å². The van der Waals surface area contributed by atoms with Crippen molar-refractivity contribution in [3.8, 4) is 16.9 Å². The Morgan fingerprint density at radius 1 is 0.719 bits per heavy atom. The standard InChI is InChI=1S/C13H11O2P.C12H8O2P.CH4/c1-16(14)13-9-5-3-7-11(13)10-6-2-4-8-12(10)15-16;13-15-12-8-4-2-6-10(12)9-5-1-3-7-11(9)14-15;/h2-9H,1H3;1-8H;1H4/q;+1;. The zero-order chi connectivity index (χ0) is 21.4. The Labute approximate surface area is 187 Å². The average Bonchev–Trinajstić information content (AvgIpc) is 2.80. The van der Waals surface area contributed by atoms with Crippen LogP contribution in [0, 0.1) is 0 Å². The van der Waals surface area contributed by atoms with Crippen molar-refractivity contribution in [3.05, 3.63) is 97.1 Å². The molecule has 160 valence electrons. The SMILES string of the molecule is C.CP1(=O)Oc2ccccc2-c2ccccc21.O=[p+]1oc2ccccc2c2ccccc21. The lowest BCUT2D eigenvalue weighted by Gasteiger charge is -2.25. The fraction of sp³-hybridized carbons (Fsp3) is 0.0769. The maximum absolute atomic E-state index is 12.4. The maximum atomic E-state index is 12.4. The van der Waals surface area contributed by atoms with Gasteiger partial charge in [0.2, 0.25) is 5.12 Å². The molecule has 6 rings (SSSR count). The molecule has 1 aromatic heterocycles. The molecule has 0 saturated carbocycles. The van der Waals surface area contributed by atoms with Gasteiger partial charge in [-0.15, -0.1) is 0 Å². The Bertz CT molecular complexity index is 1540. The molecule has 2 atom stereocenters. The third-order valence-electron chi connectivity index (χ3n) is 5.25. The van der Waals surface area contributed by atoms with E-state index in [-0.39, 0.29) is 7.43 Å². The summed E-state index contributed by atoms with van der Waals surface area (Å²) >= 11 is 0. The quantitative estimate of drug-likeness (QED) is 0.172. The molecule has 1 aliphatic heterocycles.